The molecule has 1 fully saturated rings. The number of amides is 2. The monoisotopic (exact) mass is 232 g/mol. The molecule has 1 aromatic rings. The van der Waals surface area contributed by atoms with E-state index >= 15 is 0 Å². The summed E-state index contributed by atoms with van der Waals surface area (Å²) in [5.74, 6) is -0.390. The smallest absolute Gasteiger partial charge is 0.246 e. The number of likely N-dealkylation sites (tertiary alicyclic amines) is 1. The molecule has 0 bridgehead atoms. The summed E-state index contributed by atoms with van der Waals surface area (Å²) in [6, 6.07) is 7.26. The first-order valence-corrected chi connectivity index (χ1v) is 5.73. The van der Waals surface area contributed by atoms with Crippen molar-refractivity contribution in [1.29, 1.82) is 0 Å². The number of benzene rings is 1. The van der Waals surface area contributed by atoms with Crippen molar-refractivity contribution in [3.63, 3.8) is 0 Å². The van der Waals surface area contributed by atoms with Crippen molar-refractivity contribution in [1.82, 2.24) is 4.90 Å². The number of carbonyl (C=O) groups excluding carboxylic acids is 2. The Morgan fingerprint density at radius 1 is 1.29 bits per heavy atom. The number of rotatable bonds is 2. The van der Waals surface area contributed by atoms with Crippen molar-refractivity contribution >= 4 is 11.8 Å². The topological polar surface area (TPSA) is 63.4 Å². The molecule has 0 aromatic heterocycles. The van der Waals surface area contributed by atoms with Gasteiger partial charge in [-0.1, -0.05) is 29.8 Å². The van der Waals surface area contributed by atoms with Crippen LogP contribution in [-0.4, -0.2) is 22.8 Å². The normalized spacial score (nSPS) is 20.8. The second-order valence-corrected chi connectivity index (χ2v) is 4.45. The van der Waals surface area contributed by atoms with E-state index in [0.717, 1.165) is 11.1 Å². The molecule has 2 amide bonds. The zero-order chi connectivity index (χ0) is 12.4. The van der Waals surface area contributed by atoms with E-state index in [0.29, 0.717) is 19.4 Å². The molecule has 1 aliphatic rings. The molecule has 0 radical (unpaired) electrons. The first kappa shape index (κ1) is 11.8. The Labute approximate surface area is 100 Å². The molecule has 17 heavy (non-hydrogen) atoms. The van der Waals surface area contributed by atoms with E-state index in [-0.39, 0.29) is 11.8 Å². The minimum Gasteiger partial charge on any atom is -0.320 e. The summed E-state index contributed by atoms with van der Waals surface area (Å²) in [6.07, 6.45) is 0.820. The van der Waals surface area contributed by atoms with Gasteiger partial charge < -0.3 is 5.73 Å². The van der Waals surface area contributed by atoms with Gasteiger partial charge in [0.05, 0.1) is 12.6 Å². The van der Waals surface area contributed by atoms with Crippen LogP contribution in [0.5, 0.6) is 0 Å². The van der Waals surface area contributed by atoms with E-state index in [1.54, 1.807) is 0 Å². The molecule has 1 atom stereocenters. The van der Waals surface area contributed by atoms with Gasteiger partial charge in [-0.25, -0.2) is 0 Å². The lowest BCUT2D eigenvalue weighted by atomic mass is 10.0. The largest absolute Gasteiger partial charge is 0.320 e. The van der Waals surface area contributed by atoms with E-state index in [1.165, 1.54) is 4.90 Å². The van der Waals surface area contributed by atoms with Crippen molar-refractivity contribution < 1.29 is 9.59 Å². The number of nitrogens with zero attached hydrogens (tertiary/aromatic N) is 1. The Bertz CT molecular complexity index is 439. The van der Waals surface area contributed by atoms with Gasteiger partial charge in [0.25, 0.3) is 0 Å². The fraction of sp³-hybridized carbons (Fsp3) is 0.385. The van der Waals surface area contributed by atoms with Crippen molar-refractivity contribution in [2.45, 2.75) is 32.4 Å². The third-order valence-corrected chi connectivity index (χ3v) is 3.01. The van der Waals surface area contributed by atoms with E-state index in [4.69, 9.17) is 5.73 Å². The van der Waals surface area contributed by atoms with Crippen LogP contribution in [0.25, 0.3) is 0 Å². The van der Waals surface area contributed by atoms with E-state index < -0.39 is 6.04 Å². The molecular formula is C13H16N2O2. The van der Waals surface area contributed by atoms with Crippen LogP contribution >= 0.6 is 0 Å². The number of carbonyl (C=O) groups is 2. The Morgan fingerprint density at radius 3 is 2.59 bits per heavy atom. The summed E-state index contributed by atoms with van der Waals surface area (Å²) >= 11 is 0. The molecule has 1 saturated heterocycles. The quantitative estimate of drug-likeness (QED) is 0.773. The van der Waals surface area contributed by atoms with Crippen LogP contribution in [0.1, 0.15) is 24.0 Å². The van der Waals surface area contributed by atoms with Gasteiger partial charge >= 0.3 is 0 Å². The van der Waals surface area contributed by atoms with Crippen LogP contribution in [0.15, 0.2) is 24.3 Å². The van der Waals surface area contributed by atoms with Crippen molar-refractivity contribution in [3.05, 3.63) is 35.4 Å². The highest BCUT2D eigenvalue weighted by atomic mass is 16.2. The van der Waals surface area contributed by atoms with Gasteiger partial charge in [0.2, 0.25) is 11.8 Å². The summed E-state index contributed by atoms with van der Waals surface area (Å²) in [6.45, 7) is 2.32. The molecular weight excluding hydrogens is 216 g/mol. The Morgan fingerprint density at radius 2 is 1.94 bits per heavy atom. The van der Waals surface area contributed by atoms with Crippen LogP contribution in [0.4, 0.5) is 0 Å². The maximum absolute atomic E-state index is 11.8. The number of aryl methyl sites for hydroxylation is 1. The molecule has 0 saturated carbocycles. The third-order valence-electron chi connectivity index (χ3n) is 3.01. The molecule has 1 heterocycles. The molecule has 4 heteroatoms. The number of imide groups is 1. The second-order valence-electron chi connectivity index (χ2n) is 4.45. The summed E-state index contributed by atoms with van der Waals surface area (Å²) in [5, 5.41) is 0. The van der Waals surface area contributed by atoms with Gasteiger partial charge in [-0.2, -0.15) is 0 Å². The van der Waals surface area contributed by atoms with Crippen molar-refractivity contribution in [2.24, 2.45) is 5.73 Å². The molecule has 1 unspecified atom stereocenters. The average Bonchev–Trinajstić information content (AvgIpc) is 2.32. The third kappa shape index (κ3) is 2.53. The number of nitrogens with two attached hydrogens (primary N) is 1. The average molecular weight is 232 g/mol. The molecule has 90 valence electrons. The predicted molar refractivity (Wildman–Crippen MR) is 63.9 cm³/mol. The Balaban J connectivity index is 2.13. The number of hydrogen-bond donors (Lipinski definition) is 1. The summed E-state index contributed by atoms with van der Waals surface area (Å²) in [7, 11) is 0. The highest BCUT2D eigenvalue weighted by Crippen LogP contribution is 2.15. The summed E-state index contributed by atoms with van der Waals surface area (Å²) in [4.78, 5) is 24.7. The van der Waals surface area contributed by atoms with E-state index in [1.807, 2.05) is 31.2 Å². The van der Waals surface area contributed by atoms with Crippen LogP contribution in [0.2, 0.25) is 0 Å². The Hall–Kier alpha value is -1.68. The zero-order valence-corrected chi connectivity index (χ0v) is 9.85. The standard InChI is InChI=1S/C13H16N2O2/c1-9-2-4-10(5-3-9)8-15-12(16)7-6-11(14)13(15)17/h2-5,11H,6-8,14H2,1H3. The van der Waals surface area contributed by atoms with Gasteiger partial charge in [0.1, 0.15) is 0 Å². The predicted octanol–water partition coefficient (Wildman–Crippen LogP) is 0.971. The minimum atomic E-state index is -0.529. The molecule has 4 nitrogen and oxygen atoms in total. The van der Waals surface area contributed by atoms with E-state index in [2.05, 4.69) is 0 Å². The van der Waals surface area contributed by atoms with Crippen LogP contribution in [0.3, 0.4) is 0 Å². The maximum Gasteiger partial charge on any atom is 0.246 e. The maximum atomic E-state index is 11.8. The fourth-order valence-electron chi connectivity index (χ4n) is 1.90. The molecule has 0 aliphatic carbocycles. The lowest BCUT2D eigenvalue weighted by Gasteiger charge is -2.28. The SMILES string of the molecule is Cc1ccc(CN2C(=O)CCC(N)C2=O)cc1. The van der Waals surface area contributed by atoms with Gasteiger partial charge in [-0.3, -0.25) is 14.5 Å². The first-order chi connectivity index (χ1) is 8.08. The van der Waals surface area contributed by atoms with Gasteiger partial charge in [0, 0.05) is 6.42 Å². The Kier molecular flexibility index (Phi) is 3.24. The number of hydrogen-bond acceptors (Lipinski definition) is 3. The summed E-state index contributed by atoms with van der Waals surface area (Å²) < 4.78 is 0. The van der Waals surface area contributed by atoms with Gasteiger partial charge in [0.15, 0.2) is 0 Å². The molecule has 2 rings (SSSR count). The summed E-state index contributed by atoms with van der Waals surface area (Å²) in [5.41, 5.74) is 7.77. The van der Waals surface area contributed by atoms with Crippen molar-refractivity contribution in [3.8, 4) is 0 Å². The molecule has 2 N–H and O–H groups in total. The van der Waals surface area contributed by atoms with Gasteiger partial charge in [-0.15, -0.1) is 0 Å². The lowest BCUT2D eigenvalue weighted by molar-refractivity contribution is -0.149. The van der Waals surface area contributed by atoms with Crippen LogP contribution in [-0.2, 0) is 16.1 Å². The van der Waals surface area contributed by atoms with Crippen molar-refractivity contribution in [2.75, 3.05) is 0 Å². The molecule has 0 spiro atoms. The highest BCUT2D eigenvalue weighted by Gasteiger charge is 2.31. The first-order valence-electron chi connectivity index (χ1n) is 5.73. The van der Waals surface area contributed by atoms with Gasteiger partial charge in [-0.05, 0) is 18.9 Å². The molecule has 1 aliphatic heterocycles. The number of piperidine rings is 1. The van der Waals surface area contributed by atoms with E-state index in [9.17, 15) is 9.59 Å². The highest BCUT2D eigenvalue weighted by molar-refractivity contribution is 6.00. The van der Waals surface area contributed by atoms with Crippen LogP contribution in [0, 0.1) is 6.92 Å². The minimum absolute atomic E-state index is 0.128. The fourth-order valence-corrected chi connectivity index (χ4v) is 1.90. The molecule has 1 aromatic carbocycles. The zero-order valence-electron chi connectivity index (χ0n) is 9.85. The second kappa shape index (κ2) is 4.67. The van der Waals surface area contributed by atoms with Crippen LogP contribution < -0.4 is 5.73 Å². The lowest BCUT2D eigenvalue weighted by Crippen LogP contribution is -2.50.